The number of aryl methyl sites for hydroxylation is 2. The number of phenols is 1. The lowest BCUT2D eigenvalue weighted by Crippen LogP contribution is -2.15. The van der Waals surface area contributed by atoms with Gasteiger partial charge in [0.25, 0.3) is 0 Å². The summed E-state index contributed by atoms with van der Waals surface area (Å²) in [6, 6.07) is 30.1. The predicted molar refractivity (Wildman–Crippen MR) is 144 cm³/mol. The molecule has 5 heteroatoms. The van der Waals surface area contributed by atoms with Gasteiger partial charge < -0.3 is 14.6 Å². The Morgan fingerprint density at radius 1 is 0.784 bits per heavy atom. The van der Waals surface area contributed by atoms with Crippen LogP contribution in [0.1, 0.15) is 40.0 Å². The molecule has 0 amide bonds. The van der Waals surface area contributed by atoms with E-state index in [1.807, 2.05) is 44.2 Å². The monoisotopic (exact) mass is 484 g/mol. The van der Waals surface area contributed by atoms with E-state index in [0.29, 0.717) is 23.0 Å². The third-order valence-electron chi connectivity index (χ3n) is 7.03. The average Bonchev–Trinajstić information content (AvgIpc) is 3.35. The van der Waals surface area contributed by atoms with Gasteiger partial charge in [-0.15, -0.1) is 0 Å². The van der Waals surface area contributed by atoms with Crippen molar-refractivity contribution in [1.82, 2.24) is 4.98 Å². The van der Waals surface area contributed by atoms with E-state index in [9.17, 15) is 5.11 Å². The summed E-state index contributed by atoms with van der Waals surface area (Å²) in [5.41, 5.74) is 8.12. The molecule has 1 N–H and O–H groups in total. The van der Waals surface area contributed by atoms with E-state index < -0.39 is 0 Å². The van der Waals surface area contributed by atoms with Crippen LogP contribution >= 0.6 is 0 Å². The van der Waals surface area contributed by atoms with Gasteiger partial charge in [0.2, 0.25) is 11.8 Å². The molecule has 4 aromatic carbocycles. The first-order chi connectivity index (χ1) is 18.0. The minimum atomic E-state index is -0.167. The fourth-order valence-corrected chi connectivity index (χ4v) is 5.46. The van der Waals surface area contributed by atoms with Crippen molar-refractivity contribution in [3.05, 3.63) is 119 Å². The summed E-state index contributed by atoms with van der Waals surface area (Å²) in [7, 11) is 0. The smallest absolute Gasteiger partial charge is 0.219 e. The molecule has 1 aliphatic heterocycles. The van der Waals surface area contributed by atoms with Crippen LogP contribution in [0.3, 0.4) is 0 Å². The van der Waals surface area contributed by atoms with Crippen molar-refractivity contribution in [2.75, 3.05) is 0 Å². The number of hydrogen-bond acceptors (Lipinski definition) is 5. The second-order valence-corrected chi connectivity index (χ2v) is 9.73. The van der Waals surface area contributed by atoms with E-state index in [1.54, 1.807) is 6.07 Å². The van der Waals surface area contributed by atoms with E-state index in [-0.39, 0.29) is 17.9 Å². The number of nitrogens with zero attached hydrogens (tertiary/aromatic N) is 2. The lowest BCUT2D eigenvalue weighted by Gasteiger charge is -2.28. The van der Waals surface area contributed by atoms with E-state index >= 15 is 0 Å². The zero-order valence-electron chi connectivity index (χ0n) is 20.5. The van der Waals surface area contributed by atoms with Crippen LogP contribution in [0.25, 0.3) is 22.0 Å². The summed E-state index contributed by atoms with van der Waals surface area (Å²) in [6.07, 6.45) is -0.167. The summed E-state index contributed by atoms with van der Waals surface area (Å²) in [6.45, 7) is 3.96. The molecule has 7 rings (SSSR count). The molecule has 180 valence electrons. The van der Waals surface area contributed by atoms with Gasteiger partial charge in [0, 0.05) is 22.6 Å². The number of rotatable bonds is 3. The molecule has 37 heavy (non-hydrogen) atoms. The minimum absolute atomic E-state index is 0.0976. The first kappa shape index (κ1) is 21.6. The maximum atomic E-state index is 10.4. The highest BCUT2D eigenvalue weighted by atomic mass is 16.5. The van der Waals surface area contributed by atoms with E-state index in [2.05, 4.69) is 59.6 Å². The number of hydrogen-bond donors (Lipinski definition) is 1. The molecule has 0 fully saturated rings. The topological polar surface area (TPSA) is 63.9 Å². The highest BCUT2D eigenvalue weighted by Gasteiger charge is 2.40. The quantitative estimate of drug-likeness (QED) is 0.287. The maximum Gasteiger partial charge on any atom is 0.219 e. The first-order valence-electron chi connectivity index (χ1n) is 12.4. The summed E-state index contributed by atoms with van der Waals surface area (Å²) in [5.74, 6) is 1.79. The summed E-state index contributed by atoms with van der Waals surface area (Å²) in [4.78, 5) is 9.60. The molecule has 1 aliphatic carbocycles. The van der Waals surface area contributed by atoms with Gasteiger partial charge in [-0.05, 0) is 78.1 Å². The van der Waals surface area contributed by atoms with Crippen LogP contribution in [-0.4, -0.2) is 16.0 Å². The van der Waals surface area contributed by atoms with Crippen molar-refractivity contribution in [2.45, 2.75) is 26.0 Å². The molecule has 5 nitrogen and oxygen atoms in total. The van der Waals surface area contributed by atoms with Crippen LogP contribution in [0.15, 0.2) is 96.0 Å². The van der Waals surface area contributed by atoms with Crippen molar-refractivity contribution in [3.63, 3.8) is 0 Å². The van der Waals surface area contributed by atoms with Crippen molar-refractivity contribution in [2.24, 2.45) is 4.99 Å². The maximum absolute atomic E-state index is 10.4. The summed E-state index contributed by atoms with van der Waals surface area (Å²) < 4.78 is 12.7. The number of phenolic OH excluding ortho intramolecular Hbond substituents is 1. The molecule has 1 aromatic heterocycles. The fourth-order valence-electron chi connectivity index (χ4n) is 5.46. The van der Waals surface area contributed by atoms with E-state index in [4.69, 9.17) is 14.5 Å². The molecule has 0 unspecified atom stereocenters. The van der Waals surface area contributed by atoms with Crippen LogP contribution in [0.2, 0.25) is 0 Å². The Morgan fingerprint density at radius 2 is 1.51 bits per heavy atom. The minimum Gasteiger partial charge on any atom is -0.506 e. The zero-order valence-corrected chi connectivity index (χ0v) is 20.5. The van der Waals surface area contributed by atoms with Gasteiger partial charge in [0.05, 0.1) is 0 Å². The fraction of sp³-hybridized carbons (Fsp3) is 0.125. The SMILES string of the molecule is Cc1cc(Oc2ccc3cc(C)cc(O)c3n2)cc(C2=N[C@H]3c4ccccc4-c4ccccc4[C@H]3O2)c1. The number of pyridine rings is 1. The first-order valence-corrected chi connectivity index (χ1v) is 12.4. The Morgan fingerprint density at radius 3 is 2.35 bits per heavy atom. The Kier molecular flexibility index (Phi) is 4.80. The Labute approximate surface area is 214 Å². The molecular formula is C32H24N2O3. The highest BCUT2D eigenvalue weighted by Crippen LogP contribution is 2.51. The number of ether oxygens (including phenoxy) is 2. The molecular weight excluding hydrogens is 460 g/mol. The normalized spacial score (nSPS) is 17.4. The third kappa shape index (κ3) is 3.62. The van der Waals surface area contributed by atoms with Crippen molar-refractivity contribution in [1.29, 1.82) is 0 Å². The van der Waals surface area contributed by atoms with Gasteiger partial charge in [-0.2, -0.15) is 0 Å². The van der Waals surface area contributed by atoms with Crippen LogP contribution in [0.4, 0.5) is 0 Å². The van der Waals surface area contributed by atoms with Gasteiger partial charge in [0.1, 0.15) is 23.1 Å². The summed E-state index contributed by atoms with van der Waals surface area (Å²) >= 11 is 0. The zero-order chi connectivity index (χ0) is 25.1. The van der Waals surface area contributed by atoms with Gasteiger partial charge in [-0.1, -0.05) is 48.5 Å². The second-order valence-electron chi connectivity index (χ2n) is 9.73. The molecule has 2 heterocycles. The predicted octanol–water partition coefficient (Wildman–Crippen LogP) is 7.59. The molecule has 2 atom stereocenters. The lowest BCUT2D eigenvalue weighted by molar-refractivity contribution is 0.195. The third-order valence-corrected chi connectivity index (χ3v) is 7.03. The van der Waals surface area contributed by atoms with Gasteiger partial charge in [-0.25, -0.2) is 9.98 Å². The standard InChI is InChI=1S/C32H24N2O3/c1-18-14-21(17-22(15-18)36-28-12-11-20-13-19(2)16-27(35)29(20)33-28)32-34-30-25-9-5-3-7-23(25)24-8-4-6-10-26(24)31(30)37-32/h3-17,30-31,35H,1-2H3/t30-,31+/m0/s1. The Bertz CT molecular complexity index is 1740. The summed E-state index contributed by atoms with van der Waals surface area (Å²) in [5, 5.41) is 11.2. The highest BCUT2D eigenvalue weighted by molar-refractivity contribution is 5.97. The van der Waals surface area contributed by atoms with Crippen LogP contribution < -0.4 is 4.74 Å². The Balaban J connectivity index is 1.25. The lowest BCUT2D eigenvalue weighted by atomic mass is 9.81. The van der Waals surface area contributed by atoms with Crippen molar-refractivity contribution in [3.8, 4) is 28.5 Å². The van der Waals surface area contributed by atoms with Crippen molar-refractivity contribution < 1.29 is 14.6 Å². The molecule has 5 aromatic rings. The molecule has 0 saturated carbocycles. The van der Waals surface area contributed by atoms with Crippen molar-refractivity contribution >= 4 is 16.8 Å². The molecule has 0 bridgehead atoms. The largest absolute Gasteiger partial charge is 0.506 e. The number of fused-ring (bicyclic) bond motifs is 7. The molecule has 2 aliphatic rings. The van der Waals surface area contributed by atoms with Gasteiger partial charge in [-0.3, -0.25) is 0 Å². The number of aromatic hydroxyl groups is 1. The average molecular weight is 485 g/mol. The van der Waals surface area contributed by atoms with E-state index in [0.717, 1.165) is 27.6 Å². The second kappa shape index (κ2) is 8.20. The molecule has 0 radical (unpaired) electrons. The van der Waals surface area contributed by atoms with E-state index in [1.165, 1.54) is 16.7 Å². The number of aromatic nitrogens is 1. The number of aliphatic imine (C=N–C) groups is 1. The van der Waals surface area contributed by atoms with Crippen LogP contribution in [-0.2, 0) is 4.74 Å². The molecule has 0 saturated heterocycles. The van der Waals surface area contributed by atoms with Gasteiger partial charge >= 0.3 is 0 Å². The van der Waals surface area contributed by atoms with Gasteiger partial charge in [0.15, 0.2) is 6.10 Å². The van der Waals surface area contributed by atoms with Crippen LogP contribution in [0.5, 0.6) is 17.4 Å². The Hall–Kier alpha value is -4.64. The van der Waals surface area contributed by atoms with Crippen LogP contribution in [0, 0.1) is 13.8 Å². The number of benzene rings is 4. The molecule has 0 spiro atoms.